The quantitative estimate of drug-likeness (QED) is 0.739. The lowest BCUT2D eigenvalue weighted by Crippen LogP contribution is -2.38. The van der Waals surface area contributed by atoms with Gasteiger partial charge in [0, 0.05) is 19.2 Å². The number of carbonyl (C=O) groups excluding carboxylic acids is 2. The summed E-state index contributed by atoms with van der Waals surface area (Å²) < 4.78 is 4.50. The van der Waals surface area contributed by atoms with Gasteiger partial charge in [-0.1, -0.05) is 0 Å². The summed E-state index contributed by atoms with van der Waals surface area (Å²) >= 11 is 0. The molecule has 1 aliphatic heterocycles. The van der Waals surface area contributed by atoms with Gasteiger partial charge in [0.15, 0.2) is 0 Å². The highest BCUT2D eigenvalue weighted by Gasteiger charge is 2.29. The molecule has 3 N–H and O–H groups in total. The molecule has 1 fully saturated rings. The zero-order valence-corrected chi connectivity index (χ0v) is 11.0. The van der Waals surface area contributed by atoms with Crippen LogP contribution < -0.4 is 5.32 Å². The van der Waals surface area contributed by atoms with Crippen LogP contribution in [0.15, 0.2) is 18.2 Å². The van der Waals surface area contributed by atoms with E-state index in [1.165, 1.54) is 24.1 Å². The summed E-state index contributed by atoms with van der Waals surface area (Å²) in [5, 5.41) is 21.5. The zero-order chi connectivity index (χ0) is 14.7. The molecule has 1 unspecified atom stereocenters. The lowest BCUT2D eigenvalue weighted by Gasteiger charge is -2.17. The molecule has 1 saturated heterocycles. The number of rotatable bonds is 2. The van der Waals surface area contributed by atoms with Crippen LogP contribution in [-0.4, -0.2) is 53.4 Å². The maximum atomic E-state index is 12.2. The largest absolute Gasteiger partial charge is 0.508 e. The van der Waals surface area contributed by atoms with Crippen LogP contribution in [0.5, 0.6) is 11.5 Å². The predicted molar refractivity (Wildman–Crippen MR) is 69.6 cm³/mol. The number of amides is 2. The Kier molecular flexibility index (Phi) is 3.97. The predicted octanol–water partition coefficient (Wildman–Crippen LogP) is 0.668. The molecule has 1 heterocycles. The summed E-state index contributed by atoms with van der Waals surface area (Å²) in [6.07, 6.45) is 0.0939. The molecule has 20 heavy (non-hydrogen) atoms. The molecule has 7 heteroatoms. The molecule has 0 bridgehead atoms. The van der Waals surface area contributed by atoms with Gasteiger partial charge >= 0.3 is 6.09 Å². The van der Waals surface area contributed by atoms with E-state index in [1.807, 2.05) is 0 Å². The van der Waals surface area contributed by atoms with Crippen molar-refractivity contribution < 1.29 is 24.5 Å². The van der Waals surface area contributed by atoms with Crippen LogP contribution in [0.3, 0.4) is 0 Å². The second-order valence-corrected chi connectivity index (χ2v) is 4.57. The number of ether oxygens (including phenoxy) is 1. The summed E-state index contributed by atoms with van der Waals surface area (Å²) in [6, 6.07) is 3.67. The standard InChI is InChI=1S/C13H16N2O5/c1-20-13(19)14-8-4-5-15(7-8)12(18)10-3-2-9(16)6-11(10)17/h2-3,6,8,16-17H,4-5,7H2,1H3,(H,14,19). The van der Waals surface area contributed by atoms with Gasteiger partial charge in [-0.15, -0.1) is 0 Å². The molecule has 108 valence electrons. The maximum absolute atomic E-state index is 12.2. The van der Waals surface area contributed by atoms with Gasteiger partial charge in [-0.2, -0.15) is 0 Å². The minimum atomic E-state index is -0.531. The van der Waals surface area contributed by atoms with E-state index >= 15 is 0 Å². The molecule has 0 radical (unpaired) electrons. The molecule has 0 aliphatic carbocycles. The fourth-order valence-electron chi connectivity index (χ4n) is 2.16. The lowest BCUT2D eigenvalue weighted by atomic mass is 10.1. The molecule has 7 nitrogen and oxygen atoms in total. The van der Waals surface area contributed by atoms with E-state index in [9.17, 15) is 19.8 Å². The summed E-state index contributed by atoms with van der Waals surface area (Å²) in [4.78, 5) is 24.9. The topological polar surface area (TPSA) is 99.1 Å². The number of phenols is 2. The van der Waals surface area contributed by atoms with Gasteiger partial charge < -0.3 is 25.2 Å². The van der Waals surface area contributed by atoms with Gasteiger partial charge in [-0.25, -0.2) is 4.79 Å². The smallest absolute Gasteiger partial charge is 0.407 e. The SMILES string of the molecule is COC(=O)NC1CCN(C(=O)c2ccc(O)cc2O)C1. The lowest BCUT2D eigenvalue weighted by molar-refractivity contribution is 0.0785. The molecular formula is C13H16N2O5. The first kappa shape index (κ1) is 14.0. The van der Waals surface area contributed by atoms with Crippen molar-refractivity contribution in [3.8, 4) is 11.5 Å². The molecule has 2 amide bonds. The van der Waals surface area contributed by atoms with Crippen LogP contribution >= 0.6 is 0 Å². The van der Waals surface area contributed by atoms with Crippen molar-refractivity contribution in [3.05, 3.63) is 23.8 Å². The summed E-state index contributed by atoms with van der Waals surface area (Å²) in [7, 11) is 1.28. The first-order chi connectivity index (χ1) is 9.51. The number of hydrogen-bond acceptors (Lipinski definition) is 5. The monoisotopic (exact) mass is 280 g/mol. The van der Waals surface area contributed by atoms with Gasteiger partial charge in [-0.3, -0.25) is 4.79 Å². The third kappa shape index (κ3) is 2.93. The number of nitrogens with zero attached hydrogens (tertiary/aromatic N) is 1. The van der Waals surface area contributed by atoms with E-state index in [4.69, 9.17) is 0 Å². The Hall–Kier alpha value is -2.44. The van der Waals surface area contributed by atoms with Gasteiger partial charge in [-0.05, 0) is 18.6 Å². The second kappa shape index (κ2) is 5.68. The van der Waals surface area contributed by atoms with Crippen LogP contribution in [0.2, 0.25) is 0 Å². The van der Waals surface area contributed by atoms with Crippen molar-refractivity contribution in [2.45, 2.75) is 12.5 Å². The average Bonchev–Trinajstić information content (AvgIpc) is 2.86. The second-order valence-electron chi connectivity index (χ2n) is 4.57. The molecule has 1 aromatic carbocycles. The summed E-state index contributed by atoms with van der Waals surface area (Å²) in [6.45, 7) is 0.835. The minimum absolute atomic E-state index is 0.106. The van der Waals surface area contributed by atoms with Gasteiger partial charge in [0.05, 0.1) is 18.7 Å². The Bertz CT molecular complexity index is 531. The number of phenolic OH excluding ortho intramolecular Hbond substituents is 2. The van der Waals surface area contributed by atoms with Crippen LogP contribution in [0.1, 0.15) is 16.8 Å². The van der Waals surface area contributed by atoms with Gasteiger partial charge in [0.2, 0.25) is 0 Å². The molecule has 1 aliphatic rings. The summed E-state index contributed by atoms with van der Waals surface area (Å²) in [5.41, 5.74) is 0.126. The van der Waals surface area contributed by atoms with Gasteiger partial charge in [0.1, 0.15) is 11.5 Å². The third-order valence-electron chi connectivity index (χ3n) is 3.19. The van der Waals surface area contributed by atoms with E-state index in [2.05, 4.69) is 10.1 Å². The maximum Gasteiger partial charge on any atom is 0.407 e. The first-order valence-corrected chi connectivity index (χ1v) is 6.17. The summed E-state index contributed by atoms with van der Waals surface area (Å²) in [5.74, 6) is -0.707. The van der Waals surface area contributed by atoms with Crippen LogP contribution in [0.25, 0.3) is 0 Å². The van der Waals surface area contributed by atoms with Crippen molar-refractivity contribution in [2.24, 2.45) is 0 Å². The number of aromatic hydroxyl groups is 2. The molecule has 2 rings (SSSR count). The molecule has 0 aromatic heterocycles. The number of methoxy groups -OCH3 is 1. The van der Waals surface area contributed by atoms with Gasteiger partial charge in [0.25, 0.3) is 5.91 Å². The fraction of sp³-hybridized carbons (Fsp3) is 0.385. The Labute approximate surface area is 115 Å². The Morgan fingerprint density at radius 1 is 1.40 bits per heavy atom. The third-order valence-corrected chi connectivity index (χ3v) is 3.19. The fourth-order valence-corrected chi connectivity index (χ4v) is 2.16. The van der Waals surface area contributed by atoms with E-state index < -0.39 is 6.09 Å². The molecule has 1 aromatic rings. The highest BCUT2D eigenvalue weighted by Crippen LogP contribution is 2.25. The minimum Gasteiger partial charge on any atom is -0.508 e. The van der Waals surface area contributed by atoms with Crippen molar-refractivity contribution in [1.82, 2.24) is 10.2 Å². The number of likely N-dealkylation sites (tertiary alicyclic amines) is 1. The van der Waals surface area contributed by atoms with E-state index in [0.717, 1.165) is 6.07 Å². The van der Waals surface area contributed by atoms with Crippen molar-refractivity contribution in [3.63, 3.8) is 0 Å². The van der Waals surface area contributed by atoms with E-state index in [0.29, 0.717) is 19.5 Å². The van der Waals surface area contributed by atoms with Crippen molar-refractivity contribution in [2.75, 3.05) is 20.2 Å². The zero-order valence-electron chi connectivity index (χ0n) is 11.0. The van der Waals surface area contributed by atoms with Crippen molar-refractivity contribution >= 4 is 12.0 Å². The number of alkyl carbamates (subject to hydrolysis) is 1. The highest BCUT2D eigenvalue weighted by atomic mass is 16.5. The Balaban J connectivity index is 2.02. The number of benzene rings is 1. The van der Waals surface area contributed by atoms with E-state index in [-0.39, 0.29) is 29.0 Å². The molecular weight excluding hydrogens is 264 g/mol. The number of nitrogens with one attached hydrogen (secondary N) is 1. The average molecular weight is 280 g/mol. The number of hydrogen-bond donors (Lipinski definition) is 3. The highest BCUT2D eigenvalue weighted by molar-refractivity contribution is 5.97. The Morgan fingerprint density at radius 3 is 2.80 bits per heavy atom. The molecule has 0 saturated carbocycles. The van der Waals surface area contributed by atoms with Crippen LogP contribution in [0, 0.1) is 0 Å². The molecule has 0 spiro atoms. The first-order valence-electron chi connectivity index (χ1n) is 6.17. The van der Waals surface area contributed by atoms with Crippen molar-refractivity contribution in [1.29, 1.82) is 0 Å². The molecule has 1 atom stereocenters. The van der Waals surface area contributed by atoms with Crippen LogP contribution in [0.4, 0.5) is 4.79 Å². The Morgan fingerprint density at radius 2 is 2.15 bits per heavy atom. The van der Waals surface area contributed by atoms with E-state index in [1.54, 1.807) is 0 Å². The number of carbonyl (C=O) groups is 2. The van der Waals surface area contributed by atoms with Crippen LogP contribution in [-0.2, 0) is 4.74 Å². The normalized spacial score (nSPS) is 17.9.